The molecule has 0 aliphatic heterocycles. The Balaban J connectivity index is 0. The first kappa shape index (κ1) is 13.4. The quantitative estimate of drug-likeness (QED) is 0.641. The molecule has 0 radical (unpaired) electrons. The molecule has 2 nitrogen and oxygen atoms in total. The van der Waals surface area contributed by atoms with Gasteiger partial charge in [-0.05, 0) is 18.9 Å². The van der Waals surface area contributed by atoms with Crippen LogP contribution in [0.1, 0.15) is 13.8 Å². The SMILES string of the molecule is C=Nc1ccccc1.CC.CO. The number of rotatable bonds is 1. The van der Waals surface area contributed by atoms with Crippen LogP contribution in [0.25, 0.3) is 0 Å². The molecule has 1 rings (SSSR count). The second-order valence-electron chi connectivity index (χ2n) is 1.49. The van der Waals surface area contributed by atoms with E-state index in [2.05, 4.69) is 11.7 Å². The van der Waals surface area contributed by atoms with Crippen molar-refractivity contribution in [2.75, 3.05) is 7.11 Å². The molecule has 0 spiro atoms. The van der Waals surface area contributed by atoms with E-state index in [0.717, 1.165) is 12.8 Å². The van der Waals surface area contributed by atoms with E-state index in [0.29, 0.717) is 0 Å². The summed E-state index contributed by atoms with van der Waals surface area (Å²) in [7, 11) is 1.00. The largest absolute Gasteiger partial charge is 0.400 e. The van der Waals surface area contributed by atoms with Gasteiger partial charge < -0.3 is 5.11 Å². The molecule has 0 aromatic heterocycles. The van der Waals surface area contributed by atoms with Crippen LogP contribution in [0, 0.1) is 0 Å². The maximum atomic E-state index is 7.00. The van der Waals surface area contributed by atoms with Gasteiger partial charge in [0.05, 0.1) is 5.69 Å². The third-order valence-electron chi connectivity index (χ3n) is 0.939. The van der Waals surface area contributed by atoms with Gasteiger partial charge >= 0.3 is 0 Å². The minimum atomic E-state index is 0.924. The zero-order valence-corrected chi connectivity index (χ0v) is 7.99. The number of nitrogens with zero attached hydrogens (tertiary/aromatic N) is 1. The number of hydrogen-bond acceptors (Lipinski definition) is 2. The Labute approximate surface area is 74.6 Å². The van der Waals surface area contributed by atoms with Crippen LogP contribution in [0.3, 0.4) is 0 Å². The summed E-state index contributed by atoms with van der Waals surface area (Å²) in [5.74, 6) is 0. The van der Waals surface area contributed by atoms with Crippen LogP contribution >= 0.6 is 0 Å². The van der Waals surface area contributed by atoms with Crippen LogP contribution in [-0.2, 0) is 0 Å². The molecule has 68 valence electrons. The van der Waals surface area contributed by atoms with Crippen LogP contribution in [-0.4, -0.2) is 18.9 Å². The van der Waals surface area contributed by atoms with Crippen molar-refractivity contribution in [3.63, 3.8) is 0 Å². The van der Waals surface area contributed by atoms with Crippen molar-refractivity contribution in [3.8, 4) is 0 Å². The summed E-state index contributed by atoms with van der Waals surface area (Å²) in [5.41, 5.74) is 0.924. The standard InChI is InChI=1S/C7H7N.C2H6.CH4O/c1-8-7-5-3-2-4-6-7;2*1-2/h2-6H,1H2;1-2H3;2H,1H3. The number of hydrogen-bond donors (Lipinski definition) is 1. The molecule has 0 saturated heterocycles. The molecule has 0 bridgehead atoms. The van der Waals surface area contributed by atoms with Crippen LogP contribution in [0.2, 0.25) is 0 Å². The predicted octanol–water partition coefficient (Wildman–Crippen LogP) is 2.65. The Bertz CT molecular complexity index is 172. The normalized spacial score (nSPS) is 6.67. The van der Waals surface area contributed by atoms with E-state index >= 15 is 0 Å². The summed E-state index contributed by atoms with van der Waals surface area (Å²) >= 11 is 0. The van der Waals surface area contributed by atoms with Gasteiger partial charge in [0, 0.05) is 7.11 Å². The zero-order chi connectivity index (χ0) is 9.82. The molecule has 1 N–H and O–H groups in total. The molecule has 0 fully saturated rings. The van der Waals surface area contributed by atoms with Crippen molar-refractivity contribution < 1.29 is 5.11 Å². The minimum absolute atomic E-state index is 0.924. The van der Waals surface area contributed by atoms with E-state index in [1.807, 2.05) is 44.2 Å². The van der Waals surface area contributed by atoms with Crippen molar-refractivity contribution in [1.29, 1.82) is 0 Å². The third kappa shape index (κ3) is 6.96. The van der Waals surface area contributed by atoms with Crippen LogP contribution in [0.4, 0.5) is 5.69 Å². The molecule has 1 aromatic carbocycles. The average molecular weight is 167 g/mol. The fourth-order valence-corrected chi connectivity index (χ4v) is 0.533. The van der Waals surface area contributed by atoms with Crippen LogP contribution in [0.5, 0.6) is 0 Å². The fourth-order valence-electron chi connectivity index (χ4n) is 0.533. The lowest BCUT2D eigenvalue weighted by molar-refractivity contribution is 0.399. The highest BCUT2D eigenvalue weighted by molar-refractivity contribution is 5.44. The van der Waals surface area contributed by atoms with Crippen molar-refractivity contribution in [1.82, 2.24) is 0 Å². The second kappa shape index (κ2) is 12.5. The molecule has 0 saturated carbocycles. The van der Waals surface area contributed by atoms with E-state index in [4.69, 9.17) is 5.11 Å². The summed E-state index contributed by atoms with van der Waals surface area (Å²) in [6.07, 6.45) is 0. The van der Waals surface area contributed by atoms with Crippen molar-refractivity contribution >= 4 is 12.4 Å². The van der Waals surface area contributed by atoms with Crippen molar-refractivity contribution in [2.45, 2.75) is 13.8 Å². The van der Waals surface area contributed by atoms with Crippen molar-refractivity contribution in [2.24, 2.45) is 4.99 Å². The number of aliphatic hydroxyl groups is 1. The molecular weight excluding hydrogens is 150 g/mol. The molecule has 0 heterocycles. The Hall–Kier alpha value is -1.15. The third-order valence-corrected chi connectivity index (χ3v) is 0.939. The lowest BCUT2D eigenvalue weighted by Gasteiger charge is -1.84. The first-order valence-electron chi connectivity index (χ1n) is 3.90. The van der Waals surface area contributed by atoms with E-state index in [-0.39, 0.29) is 0 Å². The Morgan fingerprint density at radius 1 is 1.08 bits per heavy atom. The fraction of sp³-hybridized carbons (Fsp3) is 0.300. The topological polar surface area (TPSA) is 32.6 Å². The van der Waals surface area contributed by atoms with Gasteiger partial charge in [0.1, 0.15) is 0 Å². The van der Waals surface area contributed by atoms with Gasteiger partial charge in [-0.25, -0.2) is 0 Å². The van der Waals surface area contributed by atoms with Gasteiger partial charge in [0.15, 0.2) is 0 Å². The van der Waals surface area contributed by atoms with E-state index in [9.17, 15) is 0 Å². The summed E-state index contributed by atoms with van der Waals surface area (Å²) in [6, 6.07) is 9.64. The molecule has 0 unspecified atom stereocenters. The minimum Gasteiger partial charge on any atom is -0.400 e. The number of aliphatic hydroxyl groups excluding tert-OH is 1. The molecule has 0 amide bonds. The van der Waals surface area contributed by atoms with Crippen molar-refractivity contribution in [3.05, 3.63) is 30.3 Å². The van der Waals surface area contributed by atoms with Crippen LogP contribution < -0.4 is 0 Å². The zero-order valence-electron chi connectivity index (χ0n) is 7.99. The molecule has 1 aromatic rings. The Kier molecular flexibility index (Phi) is 14.0. The average Bonchev–Trinajstić information content (AvgIpc) is 2.25. The second-order valence-corrected chi connectivity index (χ2v) is 1.49. The van der Waals surface area contributed by atoms with Gasteiger partial charge in [-0.3, -0.25) is 4.99 Å². The summed E-state index contributed by atoms with van der Waals surface area (Å²) in [6.45, 7) is 7.38. The molecule has 2 heteroatoms. The van der Waals surface area contributed by atoms with Crippen LogP contribution in [0.15, 0.2) is 35.3 Å². The number of aliphatic imine (C=N–C) groups is 1. The monoisotopic (exact) mass is 167 g/mol. The van der Waals surface area contributed by atoms with Gasteiger partial charge in [-0.15, -0.1) is 0 Å². The summed E-state index contributed by atoms with van der Waals surface area (Å²) in [4.78, 5) is 3.72. The number of benzene rings is 1. The van der Waals surface area contributed by atoms with Gasteiger partial charge in [-0.2, -0.15) is 0 Å². The highest BCUT2D eigenvalue weighted by atomic mass is 16.2. The smallest absolute Gasteiger partial charge is 0.0622 e. The first-order valence-corrected chi connectivity index (χ1v) is 3.90. The molecular formula is C10H17NO. The predicted molar refractivity (Wildman–Crippen MR) is 55.1 cm³/mol. The maximum Gasteiger partial charge on any atom is 0.0622 e. The lowest BCUT2D eigenvalue weighted by atomic mass is 10.3. The van der Waals surface area contributed by atoms with Gasteiger partial charge in [-0.1, -0.05) is 32.0 Å². The van der Waals surface area contributed by atoms with Gasteiger partial charge in [0.2, 0.25) is 0 Å². The maximum absolute atomic E-state index is 7.00. The van der Waals surface area contributed by atoms with E-state index in [1.54, 1.807) is 0 Å². The molecule has 0 aliphatic carbocycles. The molecule has 0 atom stereocenters. The number of para-hydroxylation sites is 1. The van der Waals surface area contributed by atoms with E-state index < -0.39 is 0 Å². The Morgan fingerprint density at radius 2 is 1.50 bits per heavy atom. The van der Waals surface area contributed by atoms with E-state index in [1.165, 1.54) is 0 Å². The van der Waals surface area contributed by atoms with Gasteiger partial charge in [0.25, 0.3) is 0 Å². The highest BCUT2D eigenvalue weighted by Crippen LogP contribution is 2.06. The molecule has 0 aliphatic rings. The first-order chi connectivity index (χ1) is 5.93. The highest BCUT2D eigenvalue weighted by Gasteiger charge is 1.76. The lowest BCUT2D eigenvalue weighted by Crippen LogP contribution is -1.57. The molecule has 12 heavy (non-hydrogen) atoms. The summed E-state index contributed by atoms with van der Waals surface area (Å²) < 4.78 is 0. The summed E-state index contributed by atoms with van der Waals surface area (Å²) in [5, 5.41) is 7.00. The Morgan fingerprint density at radius 3 is 1.75 bits per heavy atom.